The van der Waals surface area contributed by atoms with E-state index in [1.54, 1.807) is 0 Å². The molecule has 0 amide bonds. The van der Waals surface area contributed by atoms with Crippen molar-refractivity contribution in [2.75, 3.05) is 0 Å². The molecule has 0 unspecified atom stereocenters. The molecule has 4 nitrogen and oxygen atoms in total. The summed E-state index contributed by atoms with van der Waals surface area (Å²) in [5.74, 6) is -1.16. The van der Waals surface area contributed by atoms with E-state index in [2.05, 4.69) is 0 Å². The number of rotatable bonds is 1. The van der Waals surface area contributed by atoms with Crippen LogP contribution in [0.5, 0.6) is 0 Å². The summed E-state index contributed by atoms with van der Waals surface area (Å²) in [6.07, 6.45) is 0.989. The van der Waals surface area contributed by atoms with Crippen molar-refractivity contribution >= 4 is 19.7 Å². The highest BCUT2D eigenvalue weighted by Gasteiger charge is 2.19. The second kappa shape index (κ2) is 2.87. The molecule has 0 radical (unpaired) electrons. The Morgan fingerprint density at radius 3 is 2.42 bits per heavy atom. The first-order valence-electron chi connectivity index (χ1n) is 2.75. The van der Waals surface area contributed by atoms with Gasteiger partial charge >= 0.3 is 0 Å². The predicted molar refractivity (Wildman–Crippen MR) is 40.1 cm³/mol. The van der Waals surface area contributed by atoms with Crippen LogP contribution in [-0.2, 0) is 9.05 Å². The van der Waals surface area contributed by atoms with Gasteiger partial charge in [0.15, 0.2) is 4.90 Å². The van der Waals surface area contributed by atoms with E-state index in [-0.39, 0.29) is 0 Å². The van der Waals surface area contributed by atoms with Gasteiger partial charge in [0.2, 0.25) is 0 Å². The van der Waals surface area contributed by atoms with Crippen molar-refractivity contribution in [1.82, 2.24) is 4.98 Å². The molecular formula is C5H3ClFNO3S. The monoisotopic (exact) mass is 211 g/mol. The Labute approximate surface area is 71.4 Å². The largest absolute Gasteiger partial charge is 0.328 e. The SMILES string of the molecule is O=c1[nH]ccc(F)c1S(=O)(=O)Cl. The summed E-state index contributed by atoms with van der Waals surface area (Å²) in [6.45, 7) is 0. The number of hydrogen-bond acceptors (Lipinski definition) is 3. The van der Waals surface area contributed by atoms with Crippen LogP contribution in [0.15, 0.2) is 22.0 Å². The van der Waals surface area contributed by atoms with Gasteiger partial charge in [0, 0.05) is 16.9 Å². The third-order valence-electron chi connectivity index (χ3n) is 1.11. The Bertz CT molecular complexity index is 452. The molecule has 0 bridgehead atoms. The van der Waals surface area contributed by atoms with Gasteiger partial charge in [-0.25, -0.2) is 12.8 Å². The smallest absolute Gasteiger partial charge is 0.271 e. The molecule has 1 aromatic rings. The lowest BCUT2D eigenvalue weighted by molar-refractivity contribution is 0.569. The second-order valence-corrected chi connectivity index (χ2v) is 4.42. The first-order chi connectivity index (χ1) is 5.43. The second-order valence-electron chi connectivity index (χ2n) is 1.92. The van der Waals surface area contributed by atoms with E-state index in [1.807, 2.05) is 4.98 Å². The number of hydrogen-bond donors (Lipinski definition) is 1. The fourth-order valence-electron chi connectivity index (χ4n) is 0.667. The molecule has 1 heterocycles. The predicted octanol–water partition coefficient (Wildman–Crippen LogP) is 0.442. The number of H-pyrrole nitrogens is 1. The standard InChI is InChI=1S/C5H3ClFNO3S/c6-12(10,11)4-3(7)1-2-8-5(4)9/h1-2H,(H,8,9). The summed E-state index contributed by atoms with van der Waals surface area (Å²) < 4.78 is 33.8. The van der Waals surface area contributed by atoms with Crippen LogP contribution in [0, 0.1) is 5.82 Å². The minimum Gasteiger partial charge on any atom is -0.328 e. The molecule has 66 valence electrons. The highest BCUT2D eigenvalue weighted by atomic mass is 35.7. The lowest BCUT2D eigenvalue weighted by atomic mass is 10.5. The highest BCUT2D eigenvalue weighted by molar-refractivity contribution is 8.13. The van der Waals surface area contributed by atoms with Crippen LogP contribution < -0.4 is 5.56 Å². The van der Waals surface area contributed by atoms with Gasteiger partial charge in [-0.15, -0.1) is 0 Å². The van der Waals surface area contributed by atoms with Crippen LogP contribution in [0.1, 0.15) is 0 Å². The molecule has 0 aliphatic carbocycles. The molecule has 12 heavy (non-hydrogen) atoms. The van der Waals surface area contributed by atoms with Crippen molar-refractivity contribution in [2.24, 2.45) is 0 Å². The Morgan fingerprint density at radius 2 is 2.08 bits per heavy atom. The van der Waals surface area contributed by atoms with Crippen molar-refractivity contribution in [3.8, 4) is 0 Å². The molecule has 1 N–H and O–H groups in total. The minimum atomic E-state index is -4.31. The zero-order valence-corrected chi connectivity index (χ0v) is 7.12. The van der Waals surface area contributed by atoms with Crippen LogP contribution in [0.25, 0.3) is 0 Å². The molecule has 7 heteroatoms. The first-order valence-corrected chi connectivity index (χ1v) is 5.05. The minimum absolute atomic E-state index is 0.802. The maximum atomic E-state index is 12.7. The molecule has 0 saturated carbocycles. The number of aromatic amines is 1. The maximum Gasteiger partial charge on any atom is 0.271 e. The van der Waals surface area contributed by atoms with Crippen molar-refractivity contribution in [3.05, 3.63) is 28.4 Å². The Morgan fingerprint density at radius 1 is 1.50 bits per heavy atom. The summed E-state index contributed by atoms with van der Waals surface area (Å²) in [5, 5.41) is 0. The molecule has 1 aromatic heterocycles. The van der Waals surface area contributed by atoms with Crippen LogP contribution >= 0.6 is 10.7 Å². The molecule has 1 rings (SSSR count). The average Bonchev–Trinajstić information content (AvgIpc) is 1.82. The third kappa shape index (κ3) is 1.64. The number of nitrogens with one attached hydrogen (secondary N) is 1. The first kappa shape index (κ1) is 9.21. The van der Waals surface area contributed by atoms with Crippen molar-refractivity contribution in [3.63, 3.8) is 0 Å². The summed E-state index contributed by atoms with van der Waals surface area (Å²) in [7, 11) is 0.471. The van der Waals surface area contributed by atoms with E-state index >= 15 is 0 Å². The number of pyridine rings is 1. The topological polar surface area (TPSA) is 67.0 Å². The van der Waals surface area contributed by atoms with Gasteiger partial charge in [-0.2, -0.15) is 0 Å². The van der Waals surface area contributed by atoms with E-state index < -0.39 is 25.3 Å². The molecule has 0 saturated heterocycles. The quantitative estimate of drug-likeness (QED) is 0.686. The van der Waals surface area contributed by atoms with Crippen molar-refractivity contribution in [1.29, 1.82) is 0 Å². The molecule has 0 spiro atoms. The van der Waals surface area contributed by atoms with Crippen LogP contribution in [0.2, 0.25) is 0 Å². The zero-order valence-electron chi connectivity index (χ0n) is 5.54. The number of halogens is 2. The Hall–Kier alpha value is -0.880. The molecular weight excluding hydrogens is 209 g/mol. The van der Waals surface area contributed by atoms with Gasteiger partial charge in [-0.3, -0.25) is 4.79 Å². The lowest BCUT2D eigenvalue weighted by Gasteiger charge is -1.94. The number of aromatic nitrogens is 1. The lowest BCUT2D eigenvalue weighted by Crippen LogP contribution is -2.15. The molecule has 0 aromatic carbocycles. The summed E-state index contributed by atoms with van der Waals surface area (Å²) in [5.41, 5.74) is -1.06. The summed E-state index contributed by atoms with van der Waals surface area (Å²) in [6, 6.07) is 0.802. The van der Waals surface area contributed by atoms with Gasteiger partial charge < -0.3 is 4.98 Å². The summed E-state index contributed by atoms with van der Waals surface area (Å²) >= 11 is 0. The van der Waals surface area contributed by atoms with Crippen LogP contribution in [-0.4, -0.2) is 13.4 Å². The van der Waals surface area contributed by atoms with E-state index in [1.165, 1.54) is 0 Å². The molecule has 0 fully saturated rings. The van der Waals surface area contributed by atoms with Crippen LogP contribution in [0.3, 0.4) is 0 Å². The average molecular weight is 212 g/mol. The van der Waals surface area contributed by atoms with E-state index in [0.717, 1.165) is 12.3 Å². The highest BCUT2D eigenvalue weighted by Crippen LogP contribution is 2.12. The van der Waals surface area contributed by atoms with Crippen LogP contribution in [0.4, 0.5) is 4.39 Å². The molecule has 0 atom stereocenters. The van der Waals surface area contributed by atoms with Gasteiger partial charge in [0.1, 0.15) is 5.82 Å². The van der Waals surface area contributed by atoms with E-state index in [4.69, 9.17) is 10.7 Å². The third-order valence-corrected chi connectivity index (χ3v) is 2.44. The fraction of sp³-hybridized carbons (Fsp3) is 0. The zero-order chi connectivity index (χ0) is 9.35. The van der Waals surface area contributed by atoms with E-state index in [9.17, 15) is 17.6 Å². The van der Waals surface area contributed by atoms with Gasteiger partial charge in [-0.05, 0) is 6.07 Å². The van der Waals surface area contributed by atoms with Gasteiger partial charge in [0.05, 0.1) is 0 Å². The maximum absolute atomic E-state index is 12.7. The van der Waals surface area contributed by atoms with E-state index in [0.29, 0.717) is 0 Å². The molecule has 0 aliphatic heterocycles. The normalized spacial score (nSPS) is 11.5. The van der Waals surface area contributed by atoms with Gasteiger partial charge in [-0.1, -0.05) is 0 Å². The fourth-order valence-corrected chi connectivity index (χ4v) is 1.68. The summed E-state index contributed by atoms with van der Waals surface area (Å²) in [4.78, 5) is 11.7. The van der Waals surface area contributed by atoms with Crippen molar-refractivity contribution < 1.29 is 12.8 Å². The van der Waals surface area contributed by atoms with Gasteiger partial charge in [0.25, 0.3) is 14.6 Å². The Balaban J connectivity index is 3.65. The Kier molecular flexibility index (Phi) is 2.20. The van der Waals surface area contributed by atoms with Crippen molar-refractivity contribution in [2.45, 2.75) is 4.90 Å². The molecule has 0 aliphatic rings.